The lowest BCUT2D eigenvalue weighted by molar-refractivity contribution is 0.0941. The van der Waals surface area contributed by atoms with Crippen LogP contribution in [0.4, 0.5) is 4.39 Å². The largest absolute Gasteiger partial charge is 0.484 e. The monoisotopic (exact) mass is 378 g/mol. The first-order chi connectivity index (χ1) is 12.4. The second kappa shape index (κ2) is 7.57. The van der Waals surface area contributed by atoms with Gasteiger partial charge in [-0.1, -0.05) is 16.8 Å². The summed E-state index contributed by atoms with van der Waals surface area (Å²) in [4.78, 5) is 12.2. The number of ether oxygens (including phenoxy) is 1. The summed E-state index contributed by atoms with van der Waals surface area (Å²) in [6, 6.07) is 5.28. The summed E-state index contributed by atoms with van der Waals surface area (Å²) in [5.74, 6) is -0.177. The van der Waals surface area contributed by atoms with Crippen LogP contribution in [0.25, 0.3) is 0 Å². The molecule has 0 saturated carbocycles. The van der Waals surface area contributed by atoms with Crippen molar-refractivity contribution in [2.45, 2.75) is 20.1 Å². The van der Waals surface area contributed by atoms with Crippen molar-refractivity contribution in [1.29, 1.82) is 0 Å². The Kier molecular flexibility index (Phi) is 5.22. The fourth-order valence-corrected chi connectivity index (χ4v) is 2.54. The van der Waals surface area contributed by atoms with E-state index in [1.807, 2.05) is 20.2 Å². The smallest absolute Gasteiger partial charge is 0.273 e. The summed E-state index contributed by atoms with van der Waals surface area (Å²) < 4.78 is 25.2. The van der Waals surface area contributed by atoms with E-state index < -0.39 is 5.82 Å². The minimum atomic E-state index is -0.454. The van der Waals surface area contributed by atoms with Crippen LogP contribution in [0.2, 0.25) is 5.02 Å². The van der Waals surface area contributed by atoms with E-state index in [0.717, 1.165) is 17.3 Å². The molecule has 0 fully saturated rings. The summed E-state index contributed by atoms with van der Waals surface area (Å²) >= 11 is 5.88. The molecule has 9 heteroatoms. The van der Waals surface area contributed by atoms with Gasteiger partial charge in [0.05, 0.1) is 10.7 Å². The van der Waals surface area contributed by atoms with Gasteiger partial charge >= 0.3 is 0 Å². The molecule has 3 rings (SSSR count). The number of rotatable bonds is 6. The summed E-state index contributed by atoms with van der Waals surface area (Å²) in [5.41, 5.74) is 1.90. The molecule has 0 atom stereocenters. The topological polar surface area (TPSA) is 82.2 Å². The predicted octanol–water partition coefficient (Wildman–Crippen LogP) is 3.02. The molecule has 0 unspecified atom stereocenters. The molecule has 2 aromatic heterocycles. The first kappa shape index (κ1) is 17.9. The van der Waals surface area contributed by atoms with Crippen LogP contribution in [0.1, 0.15) is 27.5 Å². The molecule has 0 saturated heterocycles. The average Bonchev–Trinajstić information content (AvgIpc) is 3.18. The zero-order valence-corrected chi connectivity index (χ0v) is 14.9. The fourth-order valence-electron chi connectivity index (χ4n) is 2.32. The van der Waals surface area contributed by atoms with Gasteiger partial charge in [0.25, 0.3) is 5.91 Å². The van der Waals surface area contributed by atoms with E-state index in [4.69, 9.17) is 20.9 Å². The summed E-state index contributed by atoms with van der Waals surface area (Å²) in [7, 11) is 1.82. The van der Waals surface area contributed by atoms with Crippen LogP contribution >= 0.6 is 11.6 Å². The number of nitrogens with zero attached hydrogens (tertiary/aromatic N) is 3. The van der Waals surface area contributed by atoms with Gasteiger partial charge in [-0.15, -0.1) is 0 Å². The predicted molar refractivity (Wildman–Crippen MR) is 91.4 cm³/mol. The maximum Gasteiger partial charge on any atom is 0.273 e. The number of aromatic nitrogens is 3. The molecular formula is C17H16ClFN4O3. The zero-order valence-electron chi connectivity index (χ0n) is 14.1. The number of halogens is 2. The molecule has 1 aromatic carbocycles. The number of hydrogen-bond donors (Lipinski definition) is 1. The molecule has 1 N–H and O–H groups in total. The fraction of sp³-hybridized carbons (Fsp3) is 0.235. The third-order valence-electron chi connectivity index (χ3n) is 3.61. The molecule has 26 heavy (non-hydrogen) atoms. The van der Waals surface area contributed by atoms with Gasteiger partial charge in [0.2, 0.25) is 0 Å². The van der Waals surface area contributed by atoms with Gasteiger partial charge in [-0.05, 0) is 25.1 Å². The van der Waals surface area contributed by atoms with Gasteiger partial charge in [-0.25, -0.2) is 4.39 Å². The molecule has 0 aliphatic heterocycles. The SMILES string of the molecule is Cc1nn(C)cc1CNC(=O)c1cc(COc2ccc(F)cc2Cl)on1. The van der Waals surface area contributed by atoms with E-state index in [1.165, 1.54) is 18.2 Å². The molecule has 0 spiro atoms. The number of amides is 1. The standard InChI is InChI=1S/C17H16ClFN4O3/c1-10-11(8-23(2)21-10)7-20-17(24)15-6-13(26-22-15)9-25-16-4-3-12(19)5-14(16)18/h3-6,8H,7,9H2,1-2H3,(H,20,24). The second-order valence-electron chi connectivity index (χ2n) is 5.64. The van der Waals surface area contributed by atoms with Crippen molar-refractivity contribution in [3.05, 3.63) is 64.0 Å². The van der Waals surface area contributed by atoms with Gasteiger partial charge in [-0.3, -0.25) is 9.48 Å². The third-order valence-corrected chi connectivity index (χ3v) is 3.91. The maximum absolute atomic E-state index is 13.0. The molecule has 0 aliphatic rings. The molecule has 3 aromatic rings. The Morgan fingerprint density at radius 3 is 2.92 bits per heavy atom. The highest BCUT2D eigenvalue weighted by Crippen LogP contribution is 2.25. The van der Waals surface area contributed by atoms with E-state index >= 15 is 0 Å². The Labute approximate surface area is 153 Å². The number of carbonyl (C=O) groups excluding carboxylic acids is 1. The van der Waals surface area contributed by atoms with Crippen molar-refractivity contribution in [3.63, 3.8) is 0 Å². The van der Waals surface area contributed by atoms with Crippen molar-refractivity contribution < 1.29 is 18.4 Å². The first-order valence-electron chi connectivity index (χ1n) is 7.73. The molecule has 0 aliphatic carbocycles. The molecule has 7 nitrogen and oxygen atoms in total. The van der Waals surface area contributed by atoms with E-state index in [1.54, 1.807) is 4.68 Å². The number of benzene rings is 1. The van der Waals surface area contributed by atoms with E-state index in [-0.39, 0.29) is 23.2 Å². The van der Waals surface area contributed by atoms with Crippen molar-refractivity contribution in [3.8, 4) is 5.75 Å². The van der Waals surface area contributed by atoms with Crippen molar-refractivity contribution in [2.24, 2.45) is 7.05 Å². The van der Waals surface area contributed by atoms with Crippen LogP contribution in [0.15, 0.2) is 35.0 Å². The highest BCUT2D eigenvalue weighted by molar-refractivity contribution is 6.32. The minimum absolute atomic E-state index is 0.00729. The van der Waals surface area contributed by atoms with E-state index in [2.05, 4.69) is 15.6 Å². The zero-order chi connectivity index (χ0) is 18.7. The van der Waals surface area contributed by atoms with Crippen LogP contribution in [-0.4, -0.2) is 20.8 Å². The minimum Gasteiger partial charge on any atom is -0.484 e. The lowest BCUT2D eigenvalue weighted by Crippen LogP contribution is -2.23. The van der Waals surface area contributed by atoms with Crippen molar-refractivity contribution in [1.82, 2.24) is 20.3 Å². The number of carbonyl (C=O) groups is 1. The molecule has 2 heterocycles. The van der Waals surface area contributed by atoms with Crippen molar-refractivity contribution in [2.75, 3.05) is 0 Å². The van der Waals surface area contributed by atoms with E-state index in [0.29, 0.717) is 18.1 Å². The second-order valence-corrected chi connectivity index (χ2v) is 6.05. The Morgan fingerprint density at radius 1 is 1.42 bits per heavy atom. The van der Waals surface area contributed by atoms with Crippen LogP contribution in [0.3, 0.4) is 0 Å². The number of aryl methyl sites for hydroxylation is 2. The van der Waals surface area contributed by atoms with Gasteiger partial charge in [-0.2, -0.15) is 5.10 Å². The Morgan fingerprint density at radius 2 is 2.23 bits per heavy atom. The summed E-state index contributed by atoms with van der Waals surface area (Å²) in [5, 5.41) is 10.8. The highest BCUT2D eigenvalue weighted by Gasteiger charge is 2.14. The molecule has 136 valence electrons. The molecular weight excluding hydrogens is 363 g/mol. The number of hydrogen-bond acceptors (Lipinski definition) is 5. The van der Waals surface area contributed by atoms with Gasteiger partial charge in [0.15, 0.2) is 11.5 Å². The highest BCUT2D eigenvalue weighted by atomic mass is 35.5. The first-order valence-corrected chi connectivity index (χ1v) is 8.11. The van der Waals surface area contributed by atoms with Crippen LogP contribution in [0, 0.1) is 12.7 Å². The maximum atomic E-state index is 13.0. The van der Waals surface area contributed by atoms with E-state index in [9.17, 15) is 9.18 Å². The Balaban J connectivity index is 1.56. The third kappa shape index (κ3) is 4.20. The van der Waals surface area contributed by atoms with Crippen LogP contribution in [-0.2, 0) is 20.2 Å². The molecule has 0 bridgehead atoms. The molecule has 1 amide bonds. The van der Waals surface area contributed by atoms with Crippen LogP contribution in [0.5, 0.6) is 5.75 Å². The van der Waals surface area contributed by atoms with Crippen LogP contribution < -0.4 is 10.1 Å². The van der Waals surface area contributed by atoms with Gasteiger partial charge in [0.1, 0.15) is 18.2 Å². The lowest BCUT2D eigenvalue weighted by atomic mass is 10.2. The number of nitrogens with one attached hydrogen (secondary N) is 1. The quantitative estimate of drug-likeness (QED) is 0.713. The van der Waals surface area contributed by atoms with Gasteiger partial charge < -0.3 is 14.6 Å². The normalized spacial score (nSPS) is 10.8. The Hall–Kier alpha value is -2.87. The Bertz CT molecular complexity index is 938. The summed E-state index contributed by atoms with van der Waals surface area (Å²) in [6.45, 7) is 2.21. The van der Waals surface area contributed by atoms with Crippen molar-refractivity contribution >= 4 is 17.5 Å². The molecule has 0 radical (unpaired) electrons. The van der Waals surface area contributed by atoms with Gasteiger partial charge in [0, 0.05) is 31.4 Å². The average molecular weight is 379 g/mol. The summed E-state index contributed by atoms with van der Waals surface area (Å²) in [6.07, 6.45) is 1.84. The lowest BCUT2D eigenvalue weighted by Gasteiger charge is -2.05.